The topological polar surface area (TPSA) is 108 Å². The van der Waals surface area contributed by atoms with Gasteiger partial charge >= 0.3 is 0 Å². The summed E-state index contributed by atoms with van der Waals surface area (Å²) in [5.41, 5.74) is 0.714. The van der Waals surface area contributed by atoms with Crippen LogP contribution in [-0.4, -0.2) is 25.9 Å². The van der Waals surface area contributed by atoms with Crippen LogP contribution in [0.15, 0.2) is 82.6 Å². The SMILES string of the molecule is O=C(NCc1ccc(Cl)cc1)c1c[nH]c2c(S(=O)(=O)NCCCc3ccccc3)cc(F)cc2c1=O. The lowest BCUT2D eigenvalue weighted by Gasteiger charge is -2.11. The van der Waals surface area contributed by atoms with Gasteiger partial charge in [0.25, 0.3) is 5.91 Å². The second-order valence-corrected chi connectivity index (χ2v) is 10.3. The van der Waals surface area contributed by atoms with Crippen LogP contribution in [0.5, 0.6) is 0 Å². The Labute approximate surface area is 212 Å². The number of aromatic nitrogens is 1. The van der Waals surface area contributed by atoms with E-state index in [2.05, 4.69) is 15.0 Å². The van der Waals surface area contributed by atoms with E-state index in [9.17, 15) is 22.4 Å². The van der Waals surface area contributed by atoms with Gasteiger partial charge in [-0.1, -0.05) is 54.1 Å². The van der Waals surface area contributed by atoms with Gasteiger partial charge in [-0.3, -0.25) is 9.59 Å². The van der Waals surface area contributed by atoms with Crippen LogP contribution in [0, 0.1) is 5.82 Å². The van der Waals surface area contributed by atoms with Gasteiger partial charge in [-0.15, -0.1) is 0 Å². The van der Waals surface area contributed by atoms with Crippen LogP contribution in [-0.2, 0) is 23.0 Å². The monoisotopic (exact) mass is 527 g/mol. The van der Waals surface area contributed by atoms with E-state index in [0.29, 0.717) is 17.9 Å². The molecule has 186 valence electrons. The molecule has 0 unspecified atom stereocenters. The first-order valence-electron chi connectivity index (χ1n) is 11.2. The fourth-order valence-corrected chi connectivity index (χ4v) is 5.15. The van der Waals surface area contributed by atoms with Crippen molar-refractivity contribution in [3.63, 3.8) is 0 Å². The molecule has 0 saturated heterocycles. The summed E-state index contributed by atoms with van der Waals surface area (Å²) in [6.45, 7) is 0.272. The Morgan fingerprint density at radius 1 is 1.00 bits per heavy atom. The number of halogens is 2. The van der Waals surface area contributed by atoms with Gasteiger partial charge in [0, 0.05) is 24.3 Å². The summed E-state index contributed by atoms with van der Waals surface area (Å²) < 4.78 is 42.7. The zero-order valence-corrected chi connectivity index (χ0v) is 20.6. The Balaban J connectivity index is 1.53. The molecule has 0 aliphatic rings. The van der Waals surface area contributed by atoms with E-state index < -0.39 is 32.1 Å². The third-order valence-electron chi connectivity index (χ3n) is 5.59. The predicted molar refractivity (Wildman–Crippen MR) is 137 cm³/mol. The number of amides is 1. The van der Waals surface area contributed by atoms with Crippen molar-refractivity contribution in [1.82, 2.24) is 15.0 Å². The smallest absolute Gasteiger partial charge is 0.257 e. The fraction of sp³-hybridized carbons (Fsp3) is 0.154. The maximum absolute atomic E-state index is 14.4. The molecule has 0 spiro atoms. The average Bonchev–Trinajstić information content (AvgIpc) is 2.87. The molecule has 0 radical (unpaired) electrons. The minimum atomic E-state index is -4.13. The Kier molecular flexibility index (Phi) is 7.83. The van der Waals surface area contributed by atoms with Crippen LogP contribution in [0.3, 0.4) is 0 Å². The van der Waals surface area contributed by atoms with Crippen molar-refractivity contribution in [2.75, 3.05) is 6.54 Å². The molecule has 0 atom stereocenters. The normalized spacial score (nSPS) is 11.5. The van der Waals surface area contributed by atoms with E-state index in [1.807, 2.05) is 30.3 Å². The van der Waals surface area contributed by atoms with E-state index >= 15 is 0 Å². The molecule has 0 bridgehead atoms. The summed E-state index contributed by atoms with van der Waals surface area (Å²) in [7, 11) is -4.13. The van der Waals surface area contributed by atoms with E-state index in [0.717, 1.165) is 29.5 Å². The van der Waals surface area contributed by atoms with E-state index in [4.69, 9.17) is 11.6 Å². The molecule has 1 amide bonds. The second kappa shape index (κ2) is 11.0. The highest BCUT2D eigenvalue weighted by atomic mass is 35.5. The Bertz CT molecular complexity index is 1560. The quantitative estimate of drug-likeness (QED) is 0.284. The zero-order valence-electron chi connectivity index (χ0n) is 19.1. The summed E-state index contributed by atoms with van der Waals surface area (Å²) >= 11 is 5.85. The van der Waals surface area contributed by atoms with Crippen LogP contribution < -0.4 is 15.5 Å². The Morgan fingerprint density at radius 3 is 2.44 bits per heavy atom. The van der Waals surface area contributed by atoms with Gasteiger partial charge in [0.15, 0.2) is 0 Å². The van der Waals surface area contributed by atoms with Crippen molar-refractivity contribution in [3.8, 4) is 0 Å². The fourth-order valence-electron chi connectivity index (χ4n) is 3.75. The number of benzene rings is 3. The minimum Gasteiger partial charge on any atom is -0.359 e. The van der Waals surface area contributed by atoms with Crippen molar-refractivity contribution in [2.24, 2.45) is 0 Å². The van der Waals surface area contributed by atoms with Crippen LogP contribution in [0.2, 0.25) is 5.02 Å². The van der Waals surface area contributed by atoms with Crippen molar-refractivity contribution in [3.05, 3.63) is 111 Å². The molecule has 3 aromatic carbocycles. The van der Waals surface area contributed by atoms with Gasteiger partial charge in [0.1, 0.15) is 16.3 Å². The molecule has 4 aromatic rings. The van der Waals surface area contributed by atoms with Gasteiger partial charge in [0.2, 0.25) is 15.5 Å². The summed E-state index contributed by atoms with van der Waals surface area (Å²) in [6, 6.07) is 18.2. The lowest BCUT2D eigenvalue weighted by molar-refractivity contribution is 0.0949. The summed E-state index contributed by atoms with van der Waals surface area (Å²) in [5.74, 6) is -1.59. The lowest BCUT2D eigenvalue weighted by atomic mass is 10.1. The number of nitrogens with one attached hydrogen (secondary N) is 3. The number of sulfonamides is 1. The average molecular weight is 528 g/mol. The number of aromatic amines is 1. The lowest BCUT2D eigenvalue weighted by Crippen LogP contribution is -2.29. The summed E-state index contributed by atoms with van der Waals surface area (Å²) in [6.07, 6.45) is 2.33. The number of hydrogen-bond donors (Lipinski definition) is 3. The minimum absolute atomic E-state index is 0.0776. The number of hydrogen-bond acceptors (Lipinski definition) is 4. The third-order valence-corrected chi connectivity index (χ3v) is 7.33. The highest BCUT2D eigenvalue weighted by Crippen LogP contribution is 2.21. The molecule has 7 nitrogen and oxygen atoms in total. The number of carbonyl (C=O) groups excluding carboxylic acids is 1. The first-order valence-corrected chi connectivity index (χ1v) is 13.0. The van der Waals surface area contributed by atoms with Crippen molar-refractivity contribution in [2.45, 2.75) is 24.3 Å². The Morgan fingerprint density at radius 2 is 1.72 bits per heavy atom. The predicted octanol–water partition coefficient (Wildman–Crippen LogP) is 4.16. The van der Waals surface area contributed by atoms with Crippen LogP contribution in [0.4, 0.5) is 4.39 Å². The second-order valence-electron chi connectivity index (χ2n) is 8.15. The first kappa shape index (κ1) is 25.6. The molecule has 4 rings (SSSR count). The number of pyridine rings is 1. The highest BCUT2D eigenvalue weighted by Gasteiger charge is 2.22. The molecule has 0 fully saturated rings. The molecule has 3 N–H and O–H groups in total. The van der Waals surface area contributed by atoms with Crippen LogP contribution in [0.25, 0.3) is 10.9 Å². The van der Waals surface area contributed by atoms with Crippen molar-refractivity contribution in [1.29, 1.82) is 0 Å². The molecule has 0 saturated carbocycles. The zero-order chi connectivity index (χ0) is 25.7. The molecule has 10 heteroatoms. The van der Waals surface area contributed by atoms with Gasteiger partial charge in [-0.05, 0) is 48.2 Å². The van der Waals surface area contributed by atoms with Gasteiger partial charge in [-0.2, -0.15) is 0 Å². The van der Waals surface area contributed by atoms with Crippen LogP contribution >= 0.6 is 11.6 Å². The number of H-pyrrole nitrogens is 1. The summed E-state index contributed by atoms with van der Waals surface area (Å²) in [5, 5.41) is 2.93. The molecular weight excluding hydrogens is 505 g/mol. The van der Waals surface area contributed by atoms with Crippen molar-refractivity contribution < 1.29 is 17.6 Å². The number of aryl methyl sites for hydroxylation is 1. The molecule has 1 aromatic heterocycles. The van der Waals surface area contributed by atoms with E-state index in [1.165, 1.54) is 0 Å². The van der Waals surface area contributed by atoms with Gasteiger partial charge in [-0.25, -0.2) is 17.5 Å². The van der Waals surface area contributed by atoms with Crippen molar-refractivity contribution >= 4 is 38.4 Å². The standard InChI is InChI=1S/C26H23ClFN3O4S/c27-19-10-8-18(9-11-19)15-30-26(33)22-16-29-24-21(25(22)32)13-20(28)14-23(24)36(34,35)31-12-4-7-17-5-2-1-3-6-17/h1-3,5-6,8-11,13-14,16,31H,4,7,12,15H2,(H,29,32)(H,30,33). The molecule has 1 heterocycles. The van der Waals surface area contributed by atoms with Gasteiger partial charge in [0.05, 0.1) is 10.9 Å². The Hall–Kier alpha value is -3.53. The number of fused-ring (bicyclic) bond motifs is 1. The maximum atomic E-state index is 14.4. The van der Waals surface area contributed by atoms with E-state index in [-0.39, 0.29) is 29.6 Å². The first-order chi connectivity index (χ1) is 17.2. The largest absolute Gasteiger partial charge is 0.359 e. The summed E-state index contributed by atoms with van der Waals surface area (Å²) in [4.78, 5) is 27.9. The molecule has 0 aliphatic heterocycles. The maximum Gasteiger partial charge on any atom is 0.257 e. The molecular formula is C26H23ClFN3O4S. The van der Waals surface area contributed by atoms with E-state index in [1.54, 1.807) is 24.3 Å². The molecule has 36 heavy (non-hydrogen) atoms. The van der Waals surface area contributed by atoms with Crippen LogP contribution in [0.1, 0.15) is 27.9 Å². The third kappa shape index (κ3) is 5.99. The highest BCUT2D eigenvalue weighted by molar-refractivity contribution is 7.89. The van der Waals surface area contributed by atoms with Gasteiger partial charge < -0.3 is 10.3 Å². The number of rotatable bonds is 9. The molecule has 0 aliphatic carbocycles. The number of carbonyl (C=O) groups is 1.